The topological polar surface area (TPSA) is 29.1 Å². The minimum absolute atomic E-state index is 0.321. The van der Waals surface area contributed by atoms with Gasteiger partial charge in [0.25, 0.3) is 0 Å². The minimum Gasteiger partial charge on any atom is -0.309 e. The highest BCUT2D eigenvalue weighted by atomic mass is 32.2. The average molecular weight is 267 g/mol. The lowest BCUT2D eigenvalue weighted by atomic mass is 10.00. The van der Waals surface area contributed by atoms with E-state index in [1.54, 1.807) is 6.26 Å². The summed E-state index contributed by atoms with van der Waals surface area (Å²) in [6, 6.07) is 9.13. The molecule has 0 aromatic heterocycles. The Labute approximate surface area is 114 Å². The Kier molecular flexibility index (Phi) is 6.58. The van der Waals surface area contributed by atoms with Crippen molar-refractivity contribution >= 4 is 10.8 Å². The predicted octanol–water partition coefficient (Wildman–Crippen LogP) is 2.91. The largest absolute Gasteiger partial charge is 0.309 e. The van der Waals surface area contributed by atoms with Crippen LogP contribution in [0.5, 0.6) is 0 Å². The molecule has 0 aliphatic rings. The van der Waals surface area contributed by atoms with Gasteiger partial charge in [0.05, 0.1) is 0 Å². The molecule has 0 amide bonds. The monoisotopic (exact) mass is 267 g/mol. The van der Waals surface area contributed by atoms with Gasteiger partial charge in [-0.25, -0.2) is 0 Å². The van der Waals surface area contributed by atoms with E-state index in [0.29, 0.717) is 12.0 Å². The molecule has 0 saturated heterocycles. The normalized spacial score (nSPS) is 14.7. The van der Waals surface area contributed by atoms with E-state index in [1.807, 2.05) is 0 Å². The highest BCUT2D eigenvalue weighted by molar-refractivity contribution is 7.84. The Morgan fingerprint density at radius 3 is 2.28 bits per heavy atom. The second kappa shape index (κ2) is 7.70. The Balaban J connectivity index is 2.48. The van der Waals surface area contributed by atoms with E-state index in [9.17, 15) is 4.21 Å². The summed E-state index contributed by atoms with van der Waals surface area (Å²) >= 11 is 0. The van der Waals surface area contributed by atoms with Crippen LogP contribution in [0.3, 0.4) is 0 Å². The SMILES string of the molecule is CC(C)Cc1ccc(C(C)NCCS(C)=O)cc1. The van der Waals surface area contributed by atoms with E-state index in [1.165, 1.54) is 11.1 Å². The number of nitrogens with one attached hydrogen (secondary N) is 1. The van der Waals surface area contributed by atoms with Gasteiger partial charge in [0.15, 0.2) is 0 Å². The number of hydrogen-bond donors (Lipinski definition) is 1. The second-order valence-electron chi connectivity index (χ2n) is 5.29. The van der Waals surface area contributed by atoms with Gasteiger partial charge in [-0.15, -0.1) is 0 Å². The van der Waals surface area contributed by atoms with Crippen molar-refractivity contribution in [2.75, 3.05) is 18.6 Å². The van der Waals surface area contributed by atoms with Gasteiger partial charge in [-0.05, 0) is 30.4 Å². The van der Waals surface area contributed by atoms with Gasteiger partial charge in [0, 0.05) is 35.4 Å². The first-order valence-corrected chi connectivity index (χ1v) is 8.34. The minimum atomic E-state index is -0.711. The molecular weight excluding hydrogens is 242 g/mol. The Morgan fingerprint density at radius 2 is 1.78 bits per heavy atom. The molecular formula is C15H25NOS. The molecule has 1 aromatic carbocycles. The summed E-state index contributed by atoms with van der Waals surface area (Å²) in [6.45, 7) is 7.43. The Morgan fingerprint density at radius 1 is 1.17 bits per heavy atom. The maximum atomic E-state index is 11.0. The summed E-state index contributed by atoms with van der Waals surface area (Å²) in [5.41, 5.74) is 2.69. The van der Waals surface area contributed by atoms with Gasteiger partial charge in [0.1, 0.15) is 0 Å². The highest BCUT2D eigenvalue weighted by Crippen LogP contribution is 2.15. The molecule has 0 fully saturated rings. The first kappa shape index (κ1) is 15.4. The molecule has 1 N–H and O–H groups in total. The van der Waals surface area contributed by atoms with Crippen LogP contribution >= 0.6 is 0 Å². The van der Waals surface area contributed by atoms with Gasteiger partial charge in [-0.2, -0.15) is 0 Å². The van der Waals surface area contributed by atoms with Crippen LogP contribution in [0.15, 0.2) is 24.3 Å². The van der Waals surface area contributed by atoms with E-state index < -0.39 is 10.8 Å². The van der Waals surface area contributed by atoms with Crippen LogP contribution < -0.4 is 5.32 Å². The van der Waals surface area contributed by atoms with Gasteiger partial charge in [0.2, 0.25) is 0 Å². The van der Waals surface area contributed by atoms with Crippen LogP contribution in [-0.4, -0.2) is 22.8 Å². The van der Waals surface area contributed by atoms with Crippen LogP contribution in [0.4, 0.5) is 0 Å². The predicted molar refractivity (Wildman–Crippen MR) is 80.3 cm³/mol. The third-order valence-electron chi connectivity index (χ3n) is 2.96. The van der Waals surface area contributed by atoms with Crippen molar-refractivity contribution in [3.05, 3.63) is 35.4 Å². The molecule has 2 atom stereocenters. The van der Waals surface area contributed by atoms with Crippen molar-refractivity contribution in [3.63, 3.8) is 0 Å². The zero-order chi connectivity index (χ0) is 13.5. The van der Waals surface area contributed by atoms with Crippen molar-refractivity contribution in [2.45, 2.75) is 33.2 Å². The molecule has 0 bridgehead atoms. The average Bonchev–Trinajstić information content (AvgIpc) is 2.28. The van der Waals surface area contributed by atoms with Crippen molar-refractivity contribution in [3.8, 4) is 0 Å². The summed E-state index contributed by atoms with van der Waals surface area (Å²) in [5.74, 6) is 1.42. The lowest BCUT2D eigenvalue weighted by Gasteiger charge is -2.14. The lowest BCUT2D eigenvalue weighted by molar-refractivity contribution is 0.596. The van der Waals surface area contributed by atoms with Crippen LogP contribution in [0.2, 0.25) is 0 Å². The molecule has 0 radical (unpaired) electrons. The standard InChI is InChI=1S/C15H25NOS/c1-12(2)11-14-5-7-15(8-6-14)13(3)16-9-10-18(4)17/h5-8,12-13,16H,9-11H2,1-4H3. The third-order valence-corrected chi connectivity index (χ3v) is 3.74. The van der Waals surface area contributed by atoms with Gasteiger partial charge >= 0.3 is 0 Å². The van der Waals surface area contributed by atoms with Crippen molar-refractivity contribution in [2.24, 2.45) is 5.92 Å². The molecule has 0 spiro atoms. The number of hydrogen-bond acceptors (Lipinski definition) is 2. The summed E-state index contributed by atoms with van der Waals surface area (Å²) < 4.78 is 11.0. The summed E-state index contributed by atoms with van der Waals surface area (Å²) in [6.07, 6.45) is 2.88. The van der Waals surface area contributed by atoms with E-state index in [0.717, 1.165) is 18.7 Å². The summed E-state index contributed by atoms with van der Waals surface area (Å²) in [7, 11) is -0.711. The number of rotatable bonds is 7. The number of benzene rings is 1. The lowest BCUT2D eigenvalue weighted by Crippen LogP contribution is -2.23. The van der Waals surface area contributed by atoms with Crippen LogP contribution in [0.25, 0.3) is 0 Å². The zero-order valence-electron chi connectivity index (χ0n) is 11.9. The van der Waals surface area contributed by atoms with Gasteiger partial charge in [-0.1, -0.05) is 38.1 Å². The maximum absolute atomic E-state index is 11.0. The molecule has 0 aliphatic carbocycles. The Hall–Kier alpha value is -0.670. The van der Waals surface area contributed by atoms with E-state index in [4.69, 9.17) is 0 Å². The van der Waals surface area contributed by atoms with Crippen molar-refractivity contribution in [1.82, 2.24) is 5.32 Å². The second-order valence-corrected chi connectivity index (χ2v) is 6.85. The molecule has 102 valence electrons. The summed E-state index contributed by atoms with van der Waals surface area (Å²) in [5, 5.41) is 3.40. The molecule has 0 aliphatic heterocycles. The fraction of sp³-hybridized carbons (Fsp3) is 0.600. The van der Waals surface area contributed by atoms with Gasteiger partial charge < -0.3 is 5.32 Å². The molecule has 0 heterocycles. The molecule has 1 rings (SSSR count). The zero-order valence-corrected chi connectivity index (χ0v) is 12.7. The molecule has 2 unspecified atom stereocenters. The van der Waals surface area contributed by atoms with Gasteiger partial charge in [-0.3, -0.25) is 4.21 Å². The van der Waals surface area contributed by atoms with Crippen LogP contribution in [0, 0.1) is 5.92 Å². The molecule has 18 heavy (non-hydrogen) atoms. The maximum Gasteiger partial charge on any atom is 0.0357 e. The molecule has 2 nitrogen and oxygen atoms in total. The van der Waals surface area contributed by atoms with E-state index >= 15 is 0 Å². The fourth-order valence-corrected chi connectivity index (χ4v) is 2.36. The Bertz CT molecular complexity index is 373. The highest BCUT2D eigenvalue weighted by Gasteiger charge is 2.05. The quantitative estimate of drug-likeness (QED) is 0.823. The smallest absolute Gasteiger partial charge is 0.0357 e. The molecule has 1 aromatic rings. The first-order chi connectivity index (χ1) is 8.49. The third kappa shape index (κ3) is 5.78. The van der Waals surface area contributed by atoms with E-state index in [2.05, 4.69) is 50.4 Å². The van der Waals surface area contributed by atoms with Crippen molar-refractivity contribution < 1.29 is 4.21 Å². The summed E-state index contributed by atoms with van der Waals surface area (Å²) in [4.78, 5) is 0. The fourth-order valence-electron chi connectivity index (χ4n) is 1.95. The van der Waals surface area contributed by atoms with Crippen molar-refractivity contribution in [1.29, 1.82) is 0 Å². The van der Waals surface area contributed by atoms with Crippen LogP contribution in [0.1, 0.15) is 37.9 Å². The molecule has 0 saturated carbocycles. The first-order valence-electron chi connectivity index (χ1n) is 6.61. The van der Waals surface area contributed by atoms with E-state index in [-0.39, 0.29) is 0 Å². The van der Waals surface area contributed by atoms with Crippen LogP contribution in [-0.2, 0) is 17.2 Å². The molecule has 3 heteroatoms.